The number of fused-ring (bicyclic) bond motifs is 1. The molecule has 2 fully saturated rings. The lowest BCUT2D eigenvalue weighted by atomic mass is 10.1. The molecule has 1 amide bonds. The smallest absolute Gasteiger partial charge is 0.259 e. The Morgan fingerprint density at radius 3 is 2.69 bits per heavy atom. The molecule has 9 nitrogen and oxygen atoms in total. The van der Waals surface area contributed by atoms with E-state index in [4.69, 9.17) is 15.2 Å². The molecule has 4 heterocycles. The van der Waals surface area contributed by atoms with E-state index in [-0.39, 0.29) is 34.3 Å². The minimum atomic E-state index is -0.599. The highest BCUT2D eigenvalue weighted by atomic mass is 19.1. The molecule has 2 saturated heterocycles. The molecule has 39 heavy (non-hydrogen) atoms. The highest BCUT2D eigenvalue weighted by molar-refractivity contribution is 6.02. The second kappa shape index (κ2) is 11.7. The molecule has 0 saturated carbocycles. The minimum absolute atomic E-state index is 0.00430. The average Bonchev–Trinajstić information content (AvgIpc) is 3.25. The fourth-order valence-corrected chi connectivity index (χ4v) is 5.33. The number of allylic oxidation sites excluding steroid dienone is 5. The fourth-order valence-electron chi connectivity index (χ4n) is 5.33. The van der Waals surface area contributed by atoms with Gasteiger partial charge in [-0.2, -0.15) is 0 Å². The van der Waals surface area contributed by atoms with Crippen LogP contribution in [0.3, 0.4) is 0 Å². The van der Waals surface area contributed by atoms with Crippen molar-refractivity contribution in [2.45, 2.75) is 32.7 Å². The van der Waals surface area contributed by atoms with Crippen LogP contribution in [-0.2, 0) is 4.74 Å². The fraction of sp³-hybridized carbons (Fsp3) is 0.448. The quantitative estimate of drug-likeness (QED) is 0.604. The number of hydrogen-bond acceptors (Lipinski definition) is 7. The molecule has 3 aliphatic heterocycles. The Morgan fingerprint density at radius 2 is 1.95 bits per heavy atom. The first-order chi connectivity index (χ1) is 19.0. The molecule has 10 heteroatoms. The number of halogens is 1. The van der Waals surface area contributed by atoms with Crippen LogP contribution >= 0.6 is 0 Å². The van der Waals surface area contributed by atoms with Gasteiger partial charge in [-0.3, -0.25) is 14.5 Å². The molecular formula is C29H36FN5O4. The van der Waals surface area contributed by atoms with Crippen LogP contribution in [0, 0.1) is 5.82 Å². The van der Waals surface area contributed by atoms with Crippen LogP contribution in [-0.4, -0.2) is 78.8 Å². The molecule has 1 atom stereocenters. The minimum Gasteiger partial charge on any atom is -0.451 e. The average molecular weight is 538 g/mol. The van der Waals surface area contributed by atoms with E-state index in [0.717, 1.165) is 19.6 Å². The van der Waals surface area contributed by atoms with E-state index < -0.39 is 11.2 Å². The van der Waals surface area contributed by atoms with Crippen LogP contribution in [0.2, 0.25) is 0 Å². The van der Waals surface area contributed by atoms with Gasteiger partial charge in [0.2, 0.25) is 5.43 Å². The number of likely N-dealkylation sites (tertiary alicyclic amines) is 1. The number of rotatable bonds is 5. The summed E-state index contributed by atoms with van der Waals surface area (Å²) in [6.45, 7) is 9.13. The first kappa shape index (κ1) is 27.1. The lowest BCUT2D eigenvalue weighted by Gasteiger charge is -2.28. The molecule has 0 bridgehead atoms. The lowest BCUT2D eigenvalue weighted by molar-refractivity contribution is 0.0398. The molecule has 0 spiro atoms. The van der Waals surface area contributed by atoms with Gasteiger partial charge in [-0.25, -0.2) is 4.39 Å². The summed E-state index contributed by atoms with van der Waals surface area (Å²) < 4.78 is 29.0. The van der Waals surface area contributed by atoms with Gasteiger partial charge in [0.05, 0.1) is 24.3 Å². The summed E-state index contributed by atoms with van der Waals surface area (Å²) >= 11 is 0. The molecule has 3 N–H and O–H groups in total. The topological polar surface area (TPSA) is 102 Å². The number of carbonyl (C=O) groups is 1. The van der Waals surface area contributed by atoms with Gasteiger partial charge < -0.3 is 30.0 Å². The van der Waals surface area contributed by atoms with Gasteiger partial charge in [0.1, 0.15) is 16.8 Å². The lowest BCUT2D eigenvalue weighted by Crippen LogP contribution is -2.39. The number of nitrogens with two attached hydrogens (primary N) is 1. The first-order valence-electron chi connectivity index (χ1n) is 13.8. The zero-order chi connectivity index (χ0) is 27.5. The van der Waals surface area contributed by atoms with Crippen molar-refractivity contribution < 1.29 is 18.7 Å². The van der Waals surface area contributed by atoms with Crippen molar-refractivity contribution in [3.05, 3.63) is 63.9 Å². The number of aromatic nitrogens is 1. The molecule has 6 rings (SSSR count). The van der Waals surface area contributed by atoms with Gasteiger partial charge in [0, 0.05) is 51.5 Å². The number of nitrogens with one attached hydrogen (secondary N) is 1. The summed E-state index contributed by atoms with van der Waals surface area (Å²) in [4.78, 5) is 30.8. The standard InChI is InChI=1S/C27H30FN5O4.C2H6/c28-20-14-18-24-26(23(20)30-7-9-31-10-12-36-13-11-31)37-22-5-3-1-2-4-21(22)33(24)16-19(25(18)34)27(35)32-8-6-17(29)15-32;1-2/h2-5,14,16-17,30H,1,6-13,15,29H2;1-2H3. The third-order valence-corrected chi connectivity index (χ3v) is 7.31. The Labute approximate surface area is 227 Å². The van der Waals surface area contributed by atoms with Crippen molar-refractivity contribution in [3.8, 4) is 5.75 Å². The number of hydrogen-bond donors (Lipinski definition) is 2. The summed E-state index contributed by atoms with van der Waals surface area (Å²) in [5.41, 5.74) is 6.80. The Morgan fingerprint density at radius 1 is 1.18 bits per heavy atom. The van der Waals surface area contributed by atoms with Crippen molar-refractivity contribution in [1.82, 2.24) is 14.4 Å². The Balaban J connectivity index is 0.00000151. The number of anilines is 1. The van der Waals surface area contributed by atoms with E-state index in [0.29, 0.717) is 62.7 Å². The summed E-state index contributed by atoms with van der Waals surface area (Å²) in [5, 5.41) is 3.30. The van der Waals surface area contributed by atoms with Crippen LogP contribution in [0.4, 0.5) is 10.1 Å². The van der Waals surface area contributed by atoms with E-state index in [9.17, 15) is 9.59 Å². The van der Waals surface area contributed by atoms with Gasteiger partial charge in [0.25, 0.3) is 5.91 Å². The maximum absolute atomic E-state index is 15.6. The van der Waals surface area contributed by atoms with Gasteiger partial charge in [-0.05, 0) is 31.1 Å². The van der Waals surface area contributed by atoms with Crippen LogP contribution in [0.1, 0.15) is 37.0 Å². The van der Waals surface area contributed by atoms with Crippen LogP contribution in [0.15, 0.2) is 47.1 Å². The molecule has 1 aliphatic carbocycles. The Kier molecular flexibility index (Phi) is 8.15. The summed E-state index contributed by atoms with van der Waals surface area (Å²) in [6.07, 6.45) is 10.6. The van der Waals surface area contributed by atoms with E-state index >= 15 is 4.39 Å². The highest BCUT2D eigenvalue weighted by Gasteiger charge is 2.31. The van der Waals surface area contributed by atoms with E-state index in [2.05, 4.69) is 10.2 Å². The van der Waals surface area contributed by atoms with Crippen molar-refractivity contribution in [1.29, 1.82) is 0 Å². The largest absolute Gasteiger partial charge is 0.451 e. The van der Waals surface area contributed by atoms with Gasteiger partial charge in [-0.15, -0.1) is 0 Å². The number of morpholine rings is 1. The predicted octanol–water partition coefficient (Wildman–Crippen LogP) is 3.16. The maximum atomic E-state index is 15.6. The van der Waals surface area contributed by atoms with Crippen LogP contribution in [0.5, 0.6) is 5.75 Å². The van der Waals surface area contributed by atoms with Gasteiger partial charge in [0.15, 0.2) is 17.3 Å². The second-order valence-electron chi connectivity index (χ2n) is 9.77. The van der Waals surface area contributed by atoms with E-state index in [1.54, 1.807) is 15.7 Å². The zero-order valence-corrected chi connectivity index (χ0v) is 22.5. The van der Waals surface area contributed by atoms with E-state index in [1.165, 1.54) is 6.07 Å². The Bertz CT molecular complexity index is 1410. The van der Waals surface area contributed by atoms with Crippen molar-refractivity contribution in [2.24, 2.45) is 5.73 Å². The number of pyridine rings is 1. The SMILES string of the molecule is CC.NC1CCN(C(=O)c2cn3c4c(c(NCCN5CCOCC5)c(F)cc4c2=O)OC2=C3C=CCC=C2)C1. The van der Waals surface area contributed by atoms with Crippen LogP contribution < -0.4 is 21.2 Å². The molecule has 2 aromatic rings. The van der Waals surface area contributed by atoms with Crippen LogP contribution in [0.25, 0.3) is 16.6 Å². The van der Waals surface area contributed by atoms with Gasteiger partial charge >= 0.3 is 0 Å². The second-order valence-corrected chi connectivity index (χ2v) is 9.77. The number of nitrogens with zero attached hydrogens (tertiary/aromatic N) is 3. The number of amides is 1. The molecule has 1 aromatic carbocycles. The van der Waals surface area contributed by atoms with E-state index in [1.807, 2.05) is 38.2 Å². The monoisotopic (exact) mass is 537 g/mol. The normalized spacial score (nSPS) is 20.3. The number of benzene rings is 1. The van der Waals surface area contributed by atoms with Crippen molar-refractivity contribution >= 4 is 28.2 Å². The van der Waals surface area contributed by atoms with Gasteiger partial charge in [-0.1, -0.05) is 26.0 Å². The molecule has 0 radical (unpaired) electrons. The summed E-state index contributed by atoms with van der Waals surface area (Å²) in [6, 6.07) is 1.10. The summed E-state index contributed by atoms with van der Waals surface area (Å²) in [7, 11) is 0. The first-order valence-corrected chi connectivity index (χ1v) is 13.8. The maximum Gasteiger partial charge on any atom is 0.259 e. The third-order valence-electron chi connectivity index (χ3n) is 7.31. The molecule has 4 aliphatic rings. The number of carbonyl (C=O) groups excluding carboxylic acids is 1. The summed E-state index contributed by atoms with van der Waals surface area (Å²) in [5.74, 6) is -0.220. The third kappa shape index (κ3) is 5.24. The zero-order valence-electron chi connectivity index (χ0n) is 22.5. The molecule has 1 aromatic heterocycles. The van der Waals surface area contributed by atoms with Crippen molar-refractivity contribution in [2.75, 3.05) is 57.8 Å². The van der Waals surface area contributed by atoms with Crippen molar-refractivity contribution in [3.63, 3.8) is 0 Å². The molecule has 208 valence electrons. The highest BCUT2D eigenvalue weighted by Crippen LogP contribution is 2.42. The molecular weight excluding hydrogens is 501 g/mol. The predicted molar refractivity (Wildman–Crippen MR) is 150 cm³/mol. The Hall–Kier alpha value is -3.47. The number of ether oxygens (including phenoxy) is 2. The molecule has 1 unspecified atom stereocenters.